The van der Waals surface area contributed by atoms with E-state index in [1.54, 1.807) is 24.3 Å². The molecule has 0 aliphatic heterocycles. The van der Waals surface area contributed by atoms with Crippen LogP contribution >= 0.6 is 11.6 Å². The van der Waals surface area contributed by atoms with Gasteiger partial charge in [-0.1, -0.05) is 23.7 Å². The van der Waals surface area contributed by atoms with Crippen molar-refractivity contribution in [2.45, 2.75) is 0 Å². The maximum atomic E-state index is 10.0. The summed E-state index contributed by atoms with van der Waals surface area (Å²) in [5, 5.41) is 0.536. The molecule has 1 rings (SSSR count). The van der Waals surface area contributed by atoms with Crippen LogP contribution in [0.2, 0.25) is 5.02 Å². The van der Waals surface area contributed by atoms with E-state index in [4.69, 9.17) is 11.6 Å². The molecule has 0 N–H and O–H groups in total. The molecule has 0 aliphatic carbocycles. The van der Waals surface area contributed by atoms with Gasteiger partial charge in [0.2, 0.25) is 0 Å². The summed E-state index contributed by atoms with van der Waals surface area (Å²) in [5.74, 6) is 0. The summed E-state index contributed by atoms with van der Waals surface area (Å²) in [7, 11) is -2.83. The first-order valence-electron chi connectivity index (χ1n) is 3.08. The third-order valence-corrected chi connectivity index (χ3v) is 1.64. The summed E-state index contributed by atoms with van der Waals surface area (Å²) < 4.78 is 24.3. The van der Waals surface area contributed by atoms with Gasteiger partial charge in [-0.3, -0.25) is 4.18 Å². The lowest BCUT2D eigenvalue weighted by Gasteiger charge is -1.96. The minimum absolute atomic E-state index is 0.536. The Balaban J connectivity index is 2.63. The first kappa shape index (κ1) is 9.51. The van der Waals surface area contributed by atoms with Crippen LogP contribution in [0.3, 0.4) is 0 Å². The summed E-state index contributed by atoms with van der Waals surface area (Å²) in [6.45, 7) is 1.12. The highest BCUT2D eigenvalue weighted by atomic mass is 35.5. The maximum Gasteiger partial charge on any atom is 0.257 e. The van der Waals surface area contributed by atoms with E-state index < -0.39 is 11.0 Å². The third kappa shape index (κ3) is 3.21. The van der Waals surface area contributed by atoms with Gasteiger partial charge < -0.3 is 0 Å². The highest BCUT2D eigenvalue weighted by Crippen LogP contribution is 2.12. The smallest absolute Gasteiger partial charge is 0.257 e. The molecule has 1 aromatic carbocycles. The average Bonchev–Trinajstić information content (AvgIpc) is 2.01. The van der Waals surface area contributed by atoms with Gasteiger partial charge in [-0.05, 0) is 17.7 Å². The Hall–Kier alpha value is -0.580. The lowest BCUT2D eigenvalue weighted by molar-refractivity contribution is 0.429. The topological polar surface area (TPSA) is 43.4 Å². The molecule has 0 fully saturated rings. The Morgan fingerprint density at radius 3 is 2.75 bits per heavy atom. The molecule has 0 saturated heterocycles. The van der Waals surface area contributed by atoms with Crippen molar-refractivity contribution in [3.8, 4) is 0 Å². The molecular formula is C7H6ClO3S. The van der Waals surface area contributed by atoms with E-state index in [2.05, 4.69) is 4.18 Å². The zero-order valence-corrected chi connectivity index (χ0v) is 7.59. The summed E-state index contributed by atoms with van der Waals surface area (Å²) in [5.41, 5.74) is 0.613. The van der Waals surface area contributed by atoms with Crippen LogP contribution in [-0.4, -0.2) is 8.42 Å². The van der Waals surface area contributed by atoms with Gasteiger partial charge in [0, 0.05) is 5.02 Å². The lowest BCUT2D eigenvalue weighted by Crippen LogP contribution is -1.86. The predicted molar refractivity (Wildman–Crippen MR) is 46.3 cm³/mol. The van der Waals surface area contributed by atoms with Crippen molar-refractivity contribution >= 4 is 22.6 Å². The standard InChI is InChI=1S/C7H6ClO3S/c8-7-3-1-2-6(4-7)5-11-12(9)10/h1-5,12H. The van der Waals surface area contributed by atoms with Crippen molar-refractivity contribution in [2.75, 3.05) is 0 Å². The number of benzene rings is 1. The number of hydrogen-bond donors (Lipinski definition) is 1. The van der Waals surface area contributed by atoms with Gasteiger partial charge in [0.25, 0.3) is 11.0 Å². The second kappa shape index (κ2) is 4.45. The van der Waals surface area contributed by atoms with Crippen molar-refractivity contribution in [3.05, 3.63) is 41.5 Å². The average molecular weight is 206 g/mol. The molecular weight excluding hydrogens is 200 g/mol. The molecule has 0 aliphatic rings. The largest absolute Gasteiger partial charge is 0.261 e. The molecule has 12 heavy (non-hydrogen) atoms. The van der Waals surface area contributed by atoms with E-state index in [9.17, 15) is 8.42 Å². The minimum atomic E-state index is -2.83. The highest BCUT2D eigenvalue weighted by molar-refractivity contribution is 7.67. The monoisotopic (exact) mass is 205 g/mol. The fraction of sp³-hybridized carbons (Fsp3) is 0. The molecule has 0 aromatic heterocycles. The van der Waals surface area contributed by atoms with E-state index in [0.717, 1.165) is 6.61 Å². The first-order valence-corrected chi connectivity index (χ1v) is 4.56. The highest BCUT2D eigenvalue weighted by Gasteiger charge is 1.95. The Labute approximate surface area is 77.1 Å². The van der Waals surface area contributed by atoms with Crippen LogP contribution in [0.4, 0.5) is 0 Å². The van der Waals surface area contributed by atoms with E-state index in [1.807, 2.05) is 0 Å². The maximum absolute atomic E-state index is 10.0. The number of hydrogen-bond acceptors (Lipinski definition) is 3. The van der Waals surface area contributed by atoms with Gasteiger partial charge in [0.15, 0.2) is 0 Å². The van der Waals surface area contributed by atoms with E-state index >= 15 is 0 Å². The number of halogens is 1. The van der Waals surface area contributed by atoms with Crippen molar-refractivity contribution in [2.24, 2.45) is 0 Å². The molecule has 65 valence electrons. The van der Waals surface area contributed by atoms with Crippen LogP contribution in [0.5, 0.6) is 0 Å². The van der Waals surface area contributed by atoms with Gasteiger partial charge in [0.05, 0.1) is 0 Å². The molecule has 0 spiro atoms. The quantitative estimate of drug-likeness (QED) is 0.759. The van der Waals surface area contributed by atoms with Crippen molar-refractivity contribution in [3.63, 3.8) is 0 Å². The predicted octanol–water partition coefficient (Wildman–Crippen LogP) is 1.39. The number of rotatable bonds is 3. The summed E-state index contributed by atoms with van der Waals surface area (Å²) in [6.07, 6.45) is 0. The van der Waals surface area contributed by atoms with Crippen molar-refractivity contribution in [1.82, 2.24) is 0 Å². The second-order valence-corrected chi connectivity index (χ2v) is 3.10. The van der Waals surface area contributed by atoms with Gasteiger partial charge in [-0.25, -0.2) is 8.42 Å². The van der Waals surface area contributed by atoms with E-state index in [0.29, 0.717) is 10.6 Å². The second-order valence-electron chi connectivity index (χ2n) is 2.00. The Kier molecular flexibility index (Phi) is 3.52. The lowest BCUT2D eigenvalue weighted by atomic mass is 10.2. The fourth-order valence-corrected chi connectivity index (χ4v) is 1.09. The van der Waals surface area contributed by atoms with E-state index in [-0.39, 0.29) is 0 Å². The summed E-state index contributed by atoms with van der Waals surface area (Å²) in [6, 6.07) is 6.68. The van der Waals surface area contributed by atoms with Gasteiger partial charge in [0.1, 0.15) is 6.61 Å². The number of thiol groups is 1. The van der Waals surface area contributed by atoms with Crippen LogP contribution in [0, 0.1) is 6.61 Å². The normalized spacial score (nSPS) is 10.5. The van der Waals surface area contributed by atoms with Crippen LogP contribution in [0.15, 0.2) is 24.3 Å². The molecule has 0 bridgehead atoms. The van der Waals surface area contributed by atoms with Crippen LogP contribution in [-0.2, 0) is 15.2 Å². The first-order chi connectivity index (χ1) is 5.68. The molecule has 0 amide bonds. The zero-order chi connectivity index (χ0) is 8.97. The van der Waals surface area contributed by atoms with Crippen molar-refractivity contribution in [1.29, 1.82) is 0 Å². The van der Waals surface area contributed by atoms with Gasteiger partial charge in [-0.15, -0.1) is 0 Å². The van der Waals surface area contributed by atoms with Gasteiger partial charge >= 0.3 is 0 Å². The van der Waals surface area contributed by atoms with Crippen LogP contribution < -0.4 is 0 Å². The summed E-state index contributed by atoms with van der Waals surface area (Å²) >= 11 is 5.63. The molecule has 3 nitrogen and oxygen atoms in total. The Bertz CT molecular complexity index is 327. The molecule has 0 saturated carbocycles. The molecule has 1 radical (unpaired) electrons. The zero-order valence-electron chi connectivity index (χ0n) is 5.94. The molecule has 0 heterocycles. The van der Waals surface area contributed by atoms with Crippen molar-refractivity contribution < 1.29 is 12.6 Å². The van der Waals surface area contributed by atoms with Gasteiger partial charge in [-0.2, -0.15) is 0 Å². The molecule has 0 atom stereocenters. The molecule has 5 heteroatoms. The van der Waals surface area contributed by atoms with Crippen LogP contribution in [0.25, 0.3) is 0 Å². The van der Waals surface area contributed by atoms with E-state index in [1.165, 1.54) is 0 Å². The minimum Gasteiger partial charge on any atom is -0.261 e. The fourth-order valence-electron chi connectivity index (χ4n) is 0.684. The van der Waals surface area contributed by atoms with Crippen LogP contribution in [0.1, 0.15) is 5.56 Å². The molecule has 0 unspecified atom stereocenters. The Morgan fingerprint density at radius 2 is 2.17 bits per heavy atom. The summed E-state index contributed by atoms with van der Waals surface area (Å²) in [4.78, 5) is 0. The third-order valence-electron chi connectivity index (χ3n) is 1.12. The molecule has 1 aromatic rings. The SMILES string of the molecule is O=[SH](=O)O[CH]c1cccc(Cl)c1. The Morgan fingerprint density at radius 1 is 1.42 bits per heavy atom.